The van der Waals surface area contributed by atoms with Gasteiger partial charge in [0, 0.05) is 4.43 Å². The molecule has 0 aromatic heterocycles. The molecule has 1 aromatic carbocycles. The average Bonchev–Trinajstić information content (AvgIpc) is 2.31. The first-order valence-corrected chi connectivity index (χ1v) is 7.90. The van der Waals surface area contributed by atoms with Crippen molar-refractivity contribution in [1.82, 2.24) is 0 Å². The van der Waals surface area contributed by atoms with Gasteiger partial charge in [-0.3, -0.25) is 0 Å². The summed E-state index contributed by atoms with van der Waals surface area (Å²) in [5.41, 5.74) is 1.44. The van der Waals surface area contributed by atoms with E-state index in [4.69, 9.17) is 16.3 Å². The van der Waals surface area contributed by atoms with Crippen molar-refractivity contribution in [2.24, 2.45) is 0 Å². The van der Waals surface area contributed by atoms with Gasteiger partial charge in [-0.05, 0) is 36.0 Å². The van der Waals surface area contributed by atoms with E-state index >= 15 is 0 Å². The van der Waals surface area contributed by atoms with Gasteiger partial charge in [0.25, 0.3) is 0 Å². The lowest BCUT2D eigenvalue weighted by Gasteiger charge is -2.24. The molecule has 0 atom stereocenters. The highest BCUT2D eigenvalue weighted by molar-refractivity contribution is 14.1. The Morgan fingerprint density at radius 1 is 1.35 bits per heavy atom. The van der Waals surface area contributed by atoms with Crippen molar-refractivity contribution >= 4 is 34.2 Å². The van der Waals surface area contributed by atoms with Gasteiger partial charge in [0.05, 0.1) is 11.6 Å². The molecule has 17 heavy (non-hydrogen) atoms. The highest BCUT2D eigenvalue weighted by atomic mass is 127. The van der Waals surface area contributed by atoms with Crippen molar-refractivity contribution in [3.63, 3.8) is 0 Å². The Morgan fingerprint density at radius 3 is 2.59 bits per heavy atom. The molecule has 0 saturated carbocycles. The summed E-state index contributed by atoms with van der Waals surface area (Å²) in [6.45, 7) is 7.39. The van der Waals surface area contributed by atoms with E-state index in [0.29, 0.717) is 0 Å². The molecule has 1 rings (SSSR count). The molecule has 0 radical (unpaired) electrons. The molecule has 0 bridgehead atoms. The van der Waals surface area contributed by atoms with E-state index in [1.807, 2.05) is 12.1 Å². The van der Waals surface area contributed by atoms with Gasteiger partial charge in [-0.15, -0.1) is 0 Å². The minimum atomic E-state index is 0.171. The minimum absolute atomic E-state index is 0.171. The molecule has 1 aromatic rings. The van der Waals surface area contributed by atoms with Gasteiger partial charge in [0.1, 0.15) is 5.75 Å². The Balaban J connectivity index is 2.79. The first-order valence-electron chi connectivity index (χ1n) is 6.00. The Bertz CT molecular complexity index is 363. The smallest absolute Gasteiger partial charge is 0.137 e. The third-order valence-corrected chi connectivity index (χ3v) is 4.19. The Hall–Kier alpha value is 0.0400. The Morgan fingerprint density at radius 2 is 2.06 bits per heavy atom. The third kappa shape index (κ3) is 4.32. The van der Waals surface area contributed by atoms with Crippen LogP contribution in [0.5, 0.6) is 5.75 Å². The molecule has 0 aliphatic carbocycles. The van der Waals surface area contributed by atoms with Crippen molar-refractivity contribution in [3.05, 3.63) is 28.8 Å². The van der Waals surface area contributed by atoms with Crippen LogP contribution in [-0.2, 0) is 5.41 Å². The normalized spacial score (nSPS) is 11.6. The maximum Gasteiger partial charge on any atom is 0.137 e. The minimum Gasteiger partial charge on any atom is -0.492 e. The summed E-state index contributed by atoms with van der Waals surface area (Å²) in [4.78, 5) is 0. The van der Waals surface area contributed by atoms with Crippen LogP contribution in [0.15, 0.2) is 18.2 Å². The number of halogens is 2. The van der Waals surface area contributed by atoms with Crippen LogP contribution in [0.2, 0.25) is 5.02 Å². The van der Waals surface area contributed by atoms with E-state index in [9.17, 15) is 0 Å². The Labute approximate surface area is 123 Å². The average molecular weight is 367 g/mol. The van der Waals surface area contributed by atoms with Crippen LogP contribution in [0.4, 0.5) is 0 Å². The zero-order chi connectivity index (χ0) is 12.9. The second kappa shape index (κ2) is 6.83. The molecule has 0 N–H and O–H groups in total. The van der Waals surface area contributed by atoms with Crippen LogP contribution in [-0.4, -0.2) is 11.0 Å². The first kappa shape index (κ1) is 15.1. The van der Waals surface area contributed by atoms with E-state index in [0.717, 1.165) is 34.6 Å². The van der Waals surface area contributed by atoms with Crippen molar-refractivity contribution in [1.29, 1.82) is 0 Å². The standard InChI is InChI=1S/C14H20ClIO/c1-4-14(2,3)11-6-7-13(12(15)10-11)17-9-5-8-16/h6-7,10H,4-5,8-9H2,1-3H3. The molecule has 0 aliphatic heterocycles. The number of benzene rings is 1. The van der Waals surface area contributed by atoms with Gasteiger partial charge in [-0.2, -0.15) is 0 Å². The summed E-state index contributed by atoms with van der Waals surface area (Å²) in [6.07, 6.45) is 2.15. The fourth-order valence-electron chi connectivity index (χ4n) is 1.48. The molecule has 0 amide bonds. The summed E-state index contributed by atoms with van der Waals surface area (Å²) >= 11 is 8.59. The fraction of sp³-hybridized carbons (Fsp3) is 0.571. The van der Waals surface area contributed by atoms with Crippen LogP contribution >= 0.6 is 34.2 Å². The number of alkyl halides is 1. The summed E-state index contributed by atoms with van der Waals surface area (Å²) in [5, 5.41) is 0.720. The molecule has 0 unspecified atom stereocenters. The molecule has 0 heterocycles. The number of rotatable bonds is 6. The molecule has 0 saturated heterocycles. The molecule has 3 heteroatoms. The zero-order valence-corrected chi connectivity index (χ0v) is 13.6. The summed E-state index contributed by atoms with van der Waals surface area (Å²) in [5.74, 6) is 0.798. The van der Waals surface area contributed by atoms with Gasteiger partial charge in [-0.25, -0.2) is 0 Å². The molecule has 96 valence electrons. The highest BCUT2D eigenvalue weighted by Gasteiger charge is 2.19. The van der Waals surface area contributed by atoms with E-state index in [-0.39, 0.29) is 5.41 Å². The largest absolute Gasteiger partial charge is 0.492 e. The monoisotopic (exact) mass is 366 g/mol. The predicted molar refractivity (Wildman–Crippen MR) is 83.8 cm³/mol. The number of hydrogen-bond donors (Lipinski definition) is 0. The van der Waals surface area contributed by atoms with Gasteiger partial charge in [0.15, 0.2) is 0 Å². The number of hydrogen-bond acceptors (Lipinski definition) is 1. The quantitative estimate of drug-likeness (QED) is 0.380. The Kier molecular flexibility index (Phi) is 6.07. The van der Waals surface area contributed by atoms with E-state index in [1.54, 1.807) is 0 Å². The van der Waals surface area contributed by atoms with Crippen LogP contribution in [0.25, 0.3) is 0 Å². The lowest BCUT2D eigenvalue weighted by molar-refractivity contribution is 0.319. The van der Waals surface area contributed by atoms with E-state index in [1.165, 1.54) is 5.56 Å². The molecule has 0 aliphatic rings. The second-order valence-corrected chi connectivity index (χ2v) is 6.26. The van der Waals surface area contributed by atoms with E-state index in [2.05, 4.69) is 49.4 Å². The van der Waals surface area contributed by atoms with Crippen LogP contribution in [0, 0.1) is 0 Å². The first-order chi connectivity index (χ1) is 8.01. The molecule has 0 spiro atoms. The number of ether oxygens (including phenoxy) is 1. The second-order valence-electron chi connectivity index (χ2n) is 4.77. The predicted octanol–water partition coefficient (Wildman–Crippen LogP) is 5.23. The zero-order valence-electron chi connectivity index (χ0n) is 10.7. The summed E-state index contributed by atoms with van der Waals surface area (Å²) in [6, 6.07) is 6.14. The highest BCUT2D eigenvalue weighted by Crippen LogP contribution is 2.33. The van der Waals surface area contributed by atoms with Crippen LogP contribution < -0.4 is 4.74 Å². The van der Waals surface area contributed by atoms with Gasteiger partial charge in [0.2, 0.25) is 0 Å². The lowest BCUT2D eigenvalue weighted by Crippen LogP contribution is -2.15. The maximum atomic E-state index is 6.24. The summed E-state index contributed by atoms with van der Waals surface area (Å²) in [7, 11) is 0. The summed E-state index contributed by atoms with van der Waals surface area (Å²) < 4.78 is 6.75. The topological polar surface area (TPSA) is 9.23 Å². The van der Waals surface area contributed by atoms with Crippen molar-refractivity contribution < 1.29 is 4.74 Å². The molecular weight excluding hydrogens is 347 g/mol. The van der Waals surface area contributed by atoms with Crippen LogP contribution in [0.3, 0.4) is 0 Å². The third-order valence-electron chi connectivity index (χ3n) is 3.13. The molecule has 0 fully saturated rings. The lowest BCUT2D eigenvalue weighted by atomic mass is 9.82. The SMILES string of the molecule is CCC(C)(C)c1ccc(OCCCI)c(Cl)c1. The van der Waals surface area contributed by atoms with Gasteiger partial charge >= 0.3 is 0 Å². The maximum absolute atomic E-state index is 6.24. The molecule has 1 nitrogen and oxygen atoms in total. The van der Waals surface area contributed by atoms with Crippen molar-refractivity contribution in [2.75, 3.05) is 11.0 Å². The fourth-order valence-corrected chi connectivity index (χ4v) is 2.03. The van der Waals surface area contributed by atoms with Crippen molar-refractivity contribution in [3.8, 4) is 5.75 Å². The van der Waals surface area contributed by atoms with Crippen molar-refractivity contribution in [2.45, 2.75) is 39.0 Å². The molecular formula is C14H20ClIO. The van der Waals surface area contributed by atoms with Gasteiger partial charge < -0.3 is 4.74 Å². The van der Waals surface area contributed by atoms with Gasteiger partial charge in [-0.1, -0.05) is 61.0 Å². The van der Waals surface area contributed by atoms with E-state index < -0.39 is 0 Å². The van der Waals surface area contributed by atoms with Crippen LogP contribution in [0.1, 0.15) is 39.2 Å².